The molecule has 1 heterocycles. The molecule has 0 unspecified atom stereocenters. The lowest BCUT2D eigenvalue weighted by Gasteiger charge is -2.41. The van der Waals surface area contributed by atoms with Crippen molar-refractivity contribution in [3.05, 3.63) is 0 Å². The van der Waals surface area contributed by atoms with E-state index in [1.54, 1.807) is 0 Å². The molecule has 1 saturated carbocycles. The third-order valence-electron chi connectivity index (χ3n) is 5.52. The van der Waals surface area contributed by atoms with Gasteiger partial charge in [-0.15, -0.1) is 0 Å². The third-order valence-corrected chi connectivity index (χ3v) is 5.52. The molecule has 1 N–H and O–H groups in total. The number of hydrogen-bond donors (Lipinski definition) is 1. The van der Waals surface area contributed by atoms with Gasteiger partial charge in [0.25, 0.3) is 0 Å². The summed E-state index contributed by atoms with van der Waals surface area (Å²) < 4.78 is 5.52. The van der Waals surface area contributed by atoms with E-state index in [9.17, 15) is 0 Å². The first-order valence-corrected chi connectivity index (χ1v) is 9.24. The van der Waals surface area contributed by atoms with Gasteiger partial charge in [-0.2, -0.15) is 0 Å². The Morgan fingerprint density at radius 1 is 1.10 bits per heavy atom. The van der Waals surface area contributed by atoms with E-state index in [-0.39, 0.29) is 0 Å². The summed E-state index contributed by atoms with van der Waals surface area (Å²) >= 11 is 0. The lowest BCUT2D eigenvalue weighted by Crippen LogP contribution is -2.47. The SMILES string of the molecule is CCCNCC1(CN2CCC(OC)CC2)CCCCCC1. The van der Waals surface area contributed by atoms with Gasteiger partial charge in [-0.3, -0.25) is 0 Å². The summed E-state index contributed by atoms with van der Waals surface area (Å²) in [6.45, 7) is 8.43. The van der Waals surface area contributed by atoms with Crippen molar-refractivity contribution in [2.75, 3.05) is 39.8 Å². The van der Waals surface area contributed by atoms with Crippen molar-refractivity contribution in [3.63, 3.8) is 0 Å². The van der Waals surface area contributed by atoms with E-state index < -0.39 is 0 Å². The van der Waals surface area contributed by atoms with Gasteiger partial charge in [0.2, 0.25) is 0 Å². The van der Waals surface area contributed by atoms with Crippen molar-refractivity contribution < 1.29 is 4.74 Å². The summed E-state index contributed by atoms with van der Waals surface area (Å²) in [6, 6.07) is 0. The lowest BCUT2D eigenvalue weighted by molar-refractivity contribution is 0.0230. The molecule has 21 heavy (non-hydrogen) atoms. The highest BCUT2D eigenvalue weighted by Crippen LogP contribution is 2.36. The molecule has 0 atom stereocenters. The molecule has 0 aromatic heterocycles. The van der Waals surface area contributed by atoms with Crippen molar-refractivity contribution >= 4 is 0 Å². The standard InChI is InChI=1S/C18H36N2O/c1-3-12-19-15-18(10-6-4-5-7-11-18)16-20-13-8-17(21-2)9-14-20/h17,19H,3-16H2,1-2H3. The van der Waals surface area contributed by atoms with Crippen LogP contribution in [0.3, 0.4) is 0 Å². The molecule has 0 aromatic carbocycles. The maximum Gasteiger partial charge on any atom is 0.0595 e. The molecule has 1 aliphatic heterocycles. The van der Waals surface area contributed by atoms with Crippen LogP contribution in [0, 0.1) is 5.41 Å². The van der Waals surface area contributed by atoms with E-state index >= 15 is 0 Å². The van der Waals surface area contributed by atoms with Gasteiger partial charge in [0.15, 0.2) is 0 Å². The van der Waals surface area contributed by atoms with Crippen LogP contribution < -0.4 is 5.32 Å². The van der Waals surface area contributed by atoms with Crippen LogP contribution in [0.1, 0.15) is 64.7 Å². The number of nitrogens with one attached hydrogen (secondary N) is 1. The Kier molecular flexibility index (Phi) is 7.48. The first kappa shape index (κ1) is 17.2. The molecule has 1 aliphatic carbocycles. The molecule has 1 saturated heterocycles. The van der Waals surface area contributed by atoms with Crippen molar-refractivity contribution in [3.8, 4) is 0 Å². The molecular formula is C18H36N2O. The van der Waals surface area contributed by atoms with Gasteiger partial charge in [0, 0.05) is 33.3 Å². The molecule has 0 bridgehead atoms. The van der Waals surface area contributed by atoms with Crippen molar-refractivity contribution in [2.24, 2.45) is 5.41 Å². The monoisotopic (exact) mass is 296 g/mol. The van der Waals surface area contributed by atoms with E-state index in [0.717, 1.165) is 0 Å². The molecule has 2 rings (SSSR count). The zero-order chi connectivity index (χ0) is 15.0. The number of ether oxygens (including phenoxy) is 1. The third kappa shape index (κ3) is 5.54. The number of piperidine rings is 1. The van der Waals surface area contributed by atoms with Crippen LogP contribution >= 0.6 is 0 Å². The van der Waals surface area contributed by atoms with Crippen molar-refractivity contribution in [2.45, 2.75) is 70.8 Å². The van der Waals surface area contributed by atoms with Crippen LogP contribution in [0.4, 0.5) is 0 Å². The maximum absolute atomic E-state index is 5.52. The second kappa shape index (κ2) is 9.12. The van der Waals surface area contributed by atoms with Crippen molar-refractivity contribution in [1.29, 1.82) is 0 Å². The van der Waals surface area contributed by atoms with Crippen LogP contribution in [-0.2, 0) is 4.74 Å². The molecule has 3 nitrogen and oxygen atoms in total. The topological polar surface area (TPSA) is 24.5 Å². The predicted octanol–water partition coefficient (Wildman–Crippen LogP) is 3.44. The Morgan fingerprint density at radius 3 is 2.33 bits per heavy atom. The van der Waals surface area contributed by atoms with Gasteiger partial charge in [-0.25, -0.2) is 0 Å². The Bertz CT molecular complexity index is 266. The van der Waals surface area contributed by atoms with Crippen LogP contribution in [0.15, 0.2) is 0 Å². The number of likely N-dealkylation sites (tertiary alicyclic amines) is 1. The molecule has 3 heteroatoms. The minimum atomic E-state index is 0.504. The molecule has 0 radical (unpaired) electrons. The summed E-state index contributed by atoms with van der Waals surface area (Å²) in [5.74, 6) is 0. The minimum Gasteiger partial charge on any atom is -0.381 e. The molecule has 2 fully saturated rings. The fourth-order valence-electron chi connectivity index (χ4n) is 4.18. The smallest absolute Gasteiger partial charge is 0.0595 e. The van der Waals surface area contributed by atoms with E-state index in [1.165, 1.54) is 90.5 Å². The summed E-state index contributed by atoms with van der Waals surface area (Å²) in [6.07, 6.45) is 12.8. The largest absolute Gasteiger partial charge is 0.381 e. The Balaban J connectivity index is 1.88. The fourth-order valence-corrected chi connectivity index (χ4v) is 4.18. The summed E-state index contributed by atoms with van der Waals surface area (Å²) in [5, 5.41) is 3.73. The highest BCUT2D eigenvalue weighted by atomic mass is 16.5. The highest BCUT2D eigenvalue weighted by Gasteiger charge is 2.33. The first-order valence-electron chi connectivity index (χ1n) is 9.24. The Hall–Kier alpha value is -0.120. The van der Waals surface area contributed by atoms with Gasteiger partial charge < -0.3 is 15.0 Å². The predicted molar refractivity (Wildman–Crippen MR) is 89.8 cm³/mol. The van der Waals surface area contributed by atoms with E-state index in [4.69, 9.17) is 4.74 Å². The Morgan fingerprint density at radius 2 is 1.76 bits per heavy atom. The number of nitrogens with zero attached hydrogens (tertiary/aromatic N) is 1. The van der Waals surface area contributed by atoms with Gasteiger partial charge >= 0.3 is 0 Å². The summed E-state index contributed by atoms with van der Waals surface area (Å²) in [4.78, 5) is 2.72. The van der Waals surface area contributed by atoms with E-state index in [2.05, 4.69) is 17.1 Å². The van der Waals surface area contributed by atoms with Gasteiger partial charge in [0.1, 0.15) is 0 Å². The molecule has 0 aromatic rings. The van der Waals surface area contributed by atoms with Crippen LogP contribution in [0.25, 0.3) is 0 Å². The average molecular weight is 296 g/mol. The number of hydrogen-bond acceptors (Lipinski definition) is 3. The normalized spacial score (nSPS) is 24.9. The second-order valence-corrected chi connectivity index (χ2v) is 7.30. The number of rotatable bonds is 7. The minimum absolute atomic E-state index is 0.504. The van der Waals surface area contributed by atoms with E-state index in [1.807, 2.05) is 7.11 Å². The molecular weight excluding hydrogens is 260 g/mol. The molecule has 124 valence electrons. The second-order valence-electron chi connectivity index (χ2n) is 7.30. The van der Waals surface area contributed by atoms with Crippen molar-refractivity contribution in [1.82, 2.24) is 10.2 Å². The van der Waals surface area contributed by atoms with Crippen LogP contribution in [0.5, 0.6) is 0 Å². The molecule has 0 amide bonds. The van der Waals surface area contributed by atoms with Gasteiger partial charge in [0.05, 0.1) is 6.10 Å². The average Bonchev–Trinajstić information content (AvgIpc) is 2.74. The molecule has 2 aliphatic rings. The van der Waals surface area contributed by atoms with Gasteiger partial charge in [-0.1, -0.05) is 32.6 Å². The van der Waals surface area contributed by atoms with Crippen LogP contribution in [-0.4, -0.2) is 50.8 Å². The quantitative estimate of drug-likeness (QED) is 0.575. The van der Waals surface area contributed by atoms with E-state index in [0.29, 0.717) is 11.5 Å². The zero-order valence-corrected chi connectivity index (χ0v) is 14.3. The highest BCUT2D eigenvalue weighted by molar-refractivity contribution is 4.88. The summed E-state index contributed by atoms with van der Waals surface area (Å²) in [7, 11) is 1.86. The lowest BCUT2D eigenvalue weighted by atomic mass is 9.79. The fraction of sp³-hybridized carbons (Fsp3) is 1.00. The van der Waals surface area contributed by atoms with Crippen LogP contribution in [0.2, 0.25) is 0 Å². The first-order chi connectivity index (χ1) is 10.3. The van der Waals surface area contributed by atoms with Gasteiger partial charge in [-0.05, 0) is 44.1 Å². The summed E-state index contributed by atoms with van der Waals surface area (Å²) in [5.41, 5.74) is 0.533. The zero-order valence-electron chi connectivity index (χ0n) is 14.3. The Labute approximate surface area is 131 Å². The number of methoxy groups -OCH3 is 1. The molecule has 0 spiro atoms. The maximum atomic E-state index is 5.52.